The van der Waals surface area contributed by atoms with Crippen molar-refractivity contribution in [1.29, 1.82) is 0 Å². The fraction of sp³-hybridized carbons (Fsp3) is 0.240. The van der Waals surface area contributed by atoms with Crippen LogP contribution in [-0.2, 0) is 25.6 Å². The predicted octanol–water partition coefficient (Wildman–Crippen LogP) is 6.14. The molecule has 3 nitrogen and oxygen atoms in total. The van der Waals surface area contributed by atoms with Crippen molar-refractivity contribution >= 4 is 11.0 Å². The molecule has 4 aromatic rings. The number of benzene rings is 3. The molecule has 2 N–H and O–H groups in total. The van der Waals surface area contributed by atoms with Crippen molar-refractivity contribution in [3.05, 3.63) is 89.2 Å². The molecular formula is C25H24F3N3. The third-order valence-corrected chi connectivity index (χ3v) is 5.38. The van der Waals surface area contributed by atoms with Crippen LogP contribution in [0.4, 0.5) is 13.2 Å². The number of H-pyrrole nitrogens is 1. The number of aryl methyl sites for hydroxylation is 1. The number of para-hydroxylation sites is 2. The number of aromatic amines is 1. The first-order chi connectivity index (χ1) is 15.0. The molecule has 0 unspecified atom stereocenters. The van der Waals surface area contributed by atoms with Crippen LogP contribution in [-0.4, -0.2) is 16.5 Å². The van der Waals surface area contributed by atoms with Crippen LogP contribution in [0, 0.1) is 0 Å². The second kappa shape index (κ2) is 8.94. The van der Waals surface area contributed by atoms with E-state index >= 15 is 0 Å². The summed E-state index contributed by atoms with van der Waals surface area (Å²) in [6.45, 7) is 2.92. The first-order valence-electron chi connectivity index (χ1n) is 10.4. The first kappa shape index (κ1) is 21.1. The van der Waals surface area contributed by atoms with Crippen LogP contribution in [0.5, 0.6) is 0 Å². The molecular weight excluding hydrogens is 399 g/mol. The van der Waals surface area contributed by atoms with Crippen LogP contribution in [0.1, 0.15) is 29.4 Å². The van der Waals surface area contributed by atoms with E-state index in [1.54, 1.807) is 24.3 Å². The van der Waals surface area contributed by atoms with E-state index in [1.165, 1.54) is 6.07 Å². The smallest absolute Gasteiger partial charge is 0.342 e. The quantitative estimate of drug-likeness (QED) is 0.350. The van der Waals surface area contributed by atoms with Gasteiger partial charge in [-0.15, -0.1) is 0 Å². The Balaban J connectivity index is 1.47. The Bertz CT molecular complexity index is 1150. The number of alkyl halides is 3. The Morgan fingerprint density at radius 3 is 2.48 bits per heavy atom. The lowest BCUT2D eigenvalue weighted by molar-refractivity contribution is -0.137. The van der Waals surface area contributed by atoms with Gasteiger partial charge in [0.05, 0.1) is 16.6 Å². The molecule has 0 aliphatic rings. The van der Waals surface area contributed by atoms with Gasteiger partial charge < -0.3 is 10.3 Å². The van der Waals surface area contributed by atoms with Crippen molar-refractivity contribution in [1.82, 2.24) is 15.3 Å². The van der Waals surface area contributed by atoms with E-state index in [1.807, 2.05) is 43.3 Å². The number of rotatable bonds is 7. The first-order valence-corrected chi connectivity index (χ1v) is 10.4. The minimum atomic E-state index is -4.42. The molecule has 0 spiro atoms. The highest BCUT2D eigenvalue weighted by atomic mass is 19.4. The van der Waals surface area contributed by atoms with Crippen LogP contribution in [0.15, 0.2) is 66.7 Å². The molecule has 4 rings (SSSR count). The summed E-state index contributed by atoms with van der Waals surface area (Å²) >= 11 is 0. The summed E-state index contributed by atoms with van der Waals surface area (Å²) in [6, 6.07) is 19.7. The SMILES string of the molecule is CCc1ccccc1-c1ccc(CNCCc2nc3ccccc3[nH]2)cc1C(F)(F)F. The molecule has 0 saturated carbocycles. The van der Waals surface area contributed by atoms with Gasteiger partial charge in [-0.25, -0.2) is 4.98 Å². The number of halogens is 3. The van der Waals surface area contributed by atoms with Gasteiger partial charge >= 0.3 is 6.18 Å². The number of hydrogen-bond acceptors (Lipinski definition) is 2. The summed E-state index contributed by atoms with van der Waals surface area (Å²) in [7, 11) is 0. The lowest BCUT2D eigenvalue weighted by Gasteiger charge is -2.17. The average molecular weight is 423 g/mol. The summed E-state index contributed by atoms with van der Waals surface area (Å²) < 4.78 is 41.5. The van der Waals surface area contributed by atoms with E-state index in [-0.39, 0.29) is 5.56 Å². The molecule has 6 heteroatoms. The maximum absolute atomic E-state index is 13.8. The van der Waals surface area contributed by atoms with Gasteiger partial charge in [0.1, 0.15) is 5.82 Å². The molecule has 0 amide bonds. The van der Waals surface area contributed by atoms with Gasteiger partial charge in [-0.1, -0.05) is 55.5 Å². The predicted molar refractivity (Wildman–Crippen MR) is 118 cm³/mol. The zero-order chi connectivity index (χ0) is 21.8. The molecule has 0 aliphatic heterocycles. The van der Waals surface area contributed by atoms with Crippen LogP contribution >= 0.6 is 0 Å². The van der Waals surface area contributed by atoms with E-state index in [0.29, 0.717) is 37.1 Å². The average Bonchev–Trinajstić information content (AvgIpc) is 3.19. The third-order valence-electron chi connectivity index (χ3n) is 5.38. The van der Waals surface area contributed by atoms with Crippen molar-refractivity contribution in [2.75, 3.05) is 6.54 Å². The van der Waals surface area contributed by atoms with Crippen molar-refractivity contribution in [3.63, 3.8) is 0 Å². The number of imidazole rings is 1. The fourth-order valence-corrected chi connectivity index (χ4v) is 3.83. The molecule has 160 valence electrons. The summed E-state index contributed by atoms with van der Waals surface area (Å²) in [4.78, 5) is 7.78. The standard InChI is InChI=1S/C25H24F3N3/c1-2-18-7-3-4-8-19(18)20-12-11-17(15-21(20)25(26,27)28)16-29-14-13-24-30-22-9-5-6-10-23(22)31-24/h3-12,15,29H,2,13-14,16H2,1H3,(H,30,31). The monoisotopic (exact) mass is 423 g/mol. The van der Waals surface area contributed by atoms with E-state index in [4.69, 9.17) is 0 Å². The molecule has 0 bridgehead atoms. The normalized spacial score (nSPS) is 11.9. The van der Waals surface area contributed by atoms with Crippen molar-refractivity contribution in [2.45, 2.75) is 32.5 Å². The molecule has 1 heterocycles. The van der Waals surface area contributed by atoms with Crippen LogP contribution in [0.25, 0.3) is 22.2 Å². The fourth-order valence-electron chi connectivity index (χ4n) is 3.83. The van der Waals surface area contributed by atoms with Gasteiger partial charge in [0.2, 0.25) is 0 Å². The summed E-state index contributed by atoms with van der Waals surface area (Å²) in [5.74, 6) is 0.858. The van der Waals surface area contributed by atoms with Gasteiger partial charge in [-0.3, -0.25) is 0 Å². The number of aromatic nitrogens is 2. The van der Waals surface area contributed by atoms with Crippen LogP contribution in [0.3, 0.4) is 0 Å². The van der Waals surface area contributed by atoms with Gasteiger partial charge in [0.25, 0.3) is 0 Å². The highest BCUT2D eigenvalue weighted by Gasteiger charge is 2.34. The second-order valence-corrected chi connectivity index (χ2v) is 7.52. The van der Waals surface area contributed by atoms with E-state index in [0.717, 1.165) is 22.4 Å². The van der Waals surface area contributed by atoms with Gasteiger partial charge in [0.15, 0.2) is 0 Å². The van der Waals surface area contributed by atoms with Crippen LogP contribution < -0.4 is 5.32 Å². The minimum absolute atomic E-state index is 0.232. The maximum Gasteiger partial charge on any atom is 0.417 e. The molecule has 0 aliphatic carbocycles. The third kappa shape index (κ3) is 4.80. The van der Waals surface area contributed by atoms with Crippen molar-refractivity contribution in [2.24, 2.45) is 0 Å². The summed E-state index contributed by atoms with van der Waals surface area (Å²) in [5.41, 5.74) is 3.69. The Hall–Kier alpha value is -3.12. The number of hydrogen-bond donors (Lipinski definition) is 2. The van der Waals surface area contributed by atoms with Crippen molar-refractivity contribution in [3.8, 4) is 11.1 Å². The minimum Gasteiger partial charge on any atom is -0.342 e. The Labute approximate surface area is 179 Å². The van der Waals surface area contributed by atoms with Gasteiger partial charge in [-0.05, 0) is 46.9 Å². The lowest BCUT2D eigenvalue weighted by Crippen LogP contribution is -2.18. The highest BCUT2D eigenvalue weighted by molar-refractivity contribution is 5.74. The second-order valence-electron chi connectivity index (χ2n) is 7.52. The number of nitrogens with one attached hydrogen (secondary N) is 2. The maximum atomic E-state index is 13.8. The summed E-state index contributed by atoms with van der Waals surface area (Å²) in [6.07, 6.45) is -3.07. The lowest BCUT2D eigenvalue weighted by atomic mass is 9.92. The van der Waals surface area contributed by atoms with Crippen LogP contribution in [0.2, 0.25) is 0 Å². The molecule has 3 aromatic carbocycles. The Kier molecular flexibility index (Phi) is 6.09. The summed E-state index contributed by atoms with van der Waals surface area (Å²) in [5, 5.41) is 3.23. The largest absolute Gasteiger partial charge is 0.417 e. The van der Waals surface area contributed by atoms with Crippen molar-refractivity contribution < 1.29 is 13.2 Å². The molecule has 0 atom stereocenters. The zero-order valence-electron chi connectivity index (χ0n) is 17.3. The van der Waals surface area contributed by atoms with E-state index in [2.05, 4.69) is 15.3 Å². The van der Waals surface area contributed by atoms with E-state index in [9.17, 15) is 13.2 Å². The highest BCUT2D eigenvalue weighted by Crippen LogP contribution is 2.39. The van der Waals surface area contributed by atoms with Gasteiger partial charge in [0, 0.05) is 19.5 Å². The van der Waals surface area contributed by atoms with Gasteiger partial charge in [-0.2, -0.15) is 13.2 Å². The molecule has 0 saturated heterocycles. The number of fused-ring (bicyclic) bond motifs is 1. The molecule has 0 fully saturated rings. The molecule has 1 aromatic heterocycles. The Morgan fingerprint density at radius 2 is 1.71 bits per heavy atom. The van der Waals surface area contributed by atoms with E-state index < -0.39 is 11.7 Å². The number of nitrogens with zero attached hydrogens (tertiary/aromatic N) is 1. The topological polar surface area (TPSA) is 40.7 Å². The molecule has 31 heavy (non-hydrogen) atoms. The Morgan fingerprint density at radius 1 is 0.935 bits per heavy atom. The zero-order valence-corrected chi connectivity index (χ0v) is 17.3. The molecule has 0 radical (unpaired) electrons.